The van der Waals surface area contributed by atoms with Crippen LogP contribution in [0.3, 0.4) is 0 Å². The Bertz CT molecular complexity index is 1630. The molecule has 7 heteroatoms. The molecule has 0 spiro atoms. The highest BCUT2D eigenvalue weighted by Crippen LogP contribution is 2.44. The highest BCUT2D eigenvalue weighted by molar-refractivity contribution is 7.99. The number of rotatable bonds is 6. The Balaban J connectivity index is 1.56. The van der Waals surface area contributed by atoms with Crippen LogP contribution in [-0.2, 0) is 10.0 Å². The smallest absolute Gasteiger partial charge is 0.255 e. The molecular weight excluding hydrogens is 464 g/mol. The number of fused-ring (bicyclic) bond motifs is 2. The molecule has 168 valence electrons. The van der Waals surface area contributed by atoms with E-state index in [1.807, 2.05) is 66.7 Å². The van der Waals surface area contributed by atoms with E-state index in [1.54, 1.807) is 36.5 Å². The first kappa shape index (κ1) is 22.0. The molecular formula is C27H20N2O3S2. The number of anilines is 1. The lowest BCUT2D eigenvalue weighted by molar-refractivity contribution is 0.469. The zero-order chi connectivity index (χ0) is 23.5. The van der Waals surface area contributed by atoms with E-state index in [1.165, 1.54) is 11.8 Å². The van der Waals surface area contributed by atoms with Crippen LogP contribution in [0.5, 0.6) is 5.75 Å². The van der Waals surface area contributed by atoms with Crippen molar-refractivity contribution in [3.05, 3.63) is 108 Å². The highest BCUT2D eigenvalue weighted by atomic mass is 32.2. The fourth-order valence-electron chi connectivity index (χ4n) is 3.69. The first-order chi connectivity index (χ1) is 16.5. The maximum Gasteiger partial charge on any atom is 0.255 e. The number of aromatic nitrogens is 1. The summed E-state index contributed by atoms with van der Waals surface area (Å²) in [5, 5.41) is 14.3. The Morgan fingerprint density at radius 3 is 2.38 bits per heavy atom. The maximum absolute atomic E-state index is 12.9. The molecule has 0 amide bonds. The van der Waals surface area contributed by atoms with Crippen molar-refractivity contribution in [2.75, 3.05) is 4.72 Å². The number of nitrogens with zero attached hydrogens (tertiary/aromatic N) is 1. The predicted molar refractivity (Wildman–Crippen MR) is 139 cm³/mol. The van der Waals surface area contributed by atoms with Gasteiger partial charge in [0.05, 0.1) is 21.5 Å². The third kappa shape index (κ3) is 4.62. The normalized spacial score (nSPS) is 11.9. The minimum absolute atomic E-state index is 0.0938. The van der Waals surface area contributed by atoms with Gasteiger partial charge in [-0.3, -0.25) is 9.71 Å². The van der Waals surface area contributed by atoms with Crippen LogP contribution in [0.4, 0.5) is 5.69 Å². The van der Waals surface area contributed by atoms with Gasteiger partial charge in [0.2, 0.25) is 0 Å². The van der Waals surface area contributed by atoms with Crippen LogP contribution in [0.15, 0.2) is 112 Å². The van der Waals surface area contributed by atoms with Crippen molar-refractivity contribution in [1.29, 1.82) is 0 Å². The van der Waals surface area contributed by atoms with Crippen molar-refractivity contribution < 1.29 is 13.5 Å². The van der Waals surface area contributed by atoms with E-state index in [0.29, 0.717) is 21.4 Å². The number of phenols is 1. The Labute approximate surface area is 201 Å². The van der Waals surface area contributed by atoms with Crippen LogP contribution in [-0.4, -0.2) is 18.5 Å². The molecule has 0 aliphatic heterocycles. The van der Waals surface area contributed by atoms with Gasteiger partial charge in [-0.1, -0.05) is 84.6 Å². The number of nitrogens with one attached hydrogen (secondary N) is 1. The number of pyridine rings is 1. The van der Waals surface area contributed by atoms with Crippen LogP contribution in [0.25, 0.3) is 27.8 Å². The number of para-hydroxylation sites is 1. The molecule has 0 atom stereocenters. The number of benzene rings is 4. The van der Waals surface area contributed by atoms with E-state index < -0.39 is 10.0 Å². The number of hydrogen-bond acceptors (Lipinski definition) is 5. The molecule has 2 N–H and O–H groups in total. The van der Waals surface area contributed by atoms with Crippen LogP contribution in [0, 0.1) is 0 Å². The molecule has 0 saturated heterocycles. The lowest BCUT2D eigenvalue weighted by Gasteiger charge is -2.14. The highest BCUT2D eigenvalue weighted by Gasteiger charge is 2.16. The van der Waals surface area contributed by atoms with Crippen molar-refractivity contribution in [1.82, 2.24) is 4.98 Å². The van der Waals surface area contributed by atoms with E-state index in [0.717, 1.165) is 26.8 Å². The van der Waals surface area contributed by atoms with E-state index in [2.05, 4.69) is 9.71 Å². The first-order valence-corrected chi connectivity index (χ1v) is 12.9. The zero-order valence-corrected chi connectivity index (χ0v) is 19.6. The average molecular weight is 485 g/mol. The van der Waals surface area contributed by atoms with Gasteiger partial charge < -0.3 is 5.11 Å². The van der Waals surface area contributed by atoms with Gasteiger partial charge in [-0.05, 0) is 29.8 Å². The standard InChI is InChI=1S/C27H20N2O3S2/c30-27-22-13-5-4-12-21(22)23(29-34(31,32)17-15-19-8-2-1-3-9-19)18-25(27)33-24-14-6-10-20-11-7-16-28-26(20)24/h1-18,29-30H. The molecule has 0 aliphatic carbocycles. The Morgan fingerprint density at radius 1 is 0.824 bits per heavy atom. The summed E-state index contributed by atoms with van der Waals surface area (Å²) in [6, 6.07) is 27.7. The molecule has 5 aromatic rings. The molecule has 5 rings (SSSR count). The van der Waals surface area contributed by atoms with Gasteiger partial charge in [0.15, 0.2) is 0 Å². The lowest BCUT2D eigenvalue weighted by Crippen LogP contribution is -2.09. The molecule has 0 fully saturated rings. The van der Waals surface area contributed by atoms with Crippen LogP contribution in [0.2, 0.25) is 0 Å². The Kier molecular flexibility index (Phi) is 5.96. The molecule has 0 bridgehead atoms. The second-order valence-electron chi connectivity index (χ2n) is 7.61. The number of aromatic hydroxyl groups is 1. The second kappa shape index (κ2) is 9.21. The van der Waals surface area contributed by atoms with E-state index in [4.69, 9.17) is 0 Å². The van der Waals surface area contributed by atoms with Crippen LogP contribution >= 0.6 is 11.8 Å². The van der Waals surface area contributed by atoms with Gasteiger partial charge in [0.1, 0.15) is 5.75 Å². The fourth-order valence-corrected chi connectivity index (χ4v) is 5.61. The van der Waals surface area contributed by atoms with E-state index in [9.17, 15) is 13.5 Å². The lowest BCUT2D eigenvalue weighted by atomic mass is 10.1. The van der Waals surface area contributed by atoms with E-state index in [-0.39, 0.29) is 5.75 Å². The molecule has 0 radical (unpaired) electrons. The summed E-state index contributed by atoms with van der Waals surface area (Å²) in [5.41, 5.74) is 1.99. The van der Waals surface area contributed by atoms with Crippen LogP contribution in [0.1, 0.15) is 5.56 Å². The molecule has 5 nitrogen and oxygen atoms in total. The molecule has 0 aliphatic rings. The molecule has 4 aromatic carbocycles. The summed E-state index contributed by atoms with van der Waals surface area (Å²) in [4.78, 5) is 5.87. The average Bonchev–Trinajstić information content (AvgIpc) is 2.86. The van der Waals surface area contributed by atoms with Gasteiger partial charge in [0.25, 0.3) is 10.0 Å². The predicted octanol–water partition coefficient (Wildman–Crippen LogP) is 6.66. The first-order valence-electron chi connectivity index (χ1n) is 10.5. The third-order valence-electron chi connectivity index (χ3n) is 5.29. The van der Waals surface area contributed by atoms with Crippen molar-refractivity contribution in [3.63, 3.8) is 0 Å². The number of sulfonamides is 1. The van der Waals surface area contributed by atoms with Gasteiger partial charge in [0, 0.05) is 27.3 Å². The third-order valence-corrected chi connectivity index (χ3v) is 7.37. The summed E-state index contributed by atoms with van der Waals surface area (Å²) < 4.78 is 28.4. The van der Waals surface area contributed by atoms with Gasteiger partial charge in [-0.25, -0.2) is 8.42 Å². The zero-order valence-electron chi connectivity index (χ0n) is 17.9. The quantitative estimate of drug-likeness (QED) is 0.264. The minimum atomic E-state index is -3.80. The van der Waals surface area contributed by atoms with Crippen molar-refractivity contribution >= 4 is 55.2 Å². The van der Waals surface area contributed by atoms with Gasteiger partial charge in [-0.15, -0.1) is 0 Å². The number of phenolic OH excluding ortho intramolecular Hbond substituents is 1. The summed E-state index contributed by atoms with van der Waals surface area (Å²) >= 11 is 1.34. The maximum atomic E-state index is 12.9. The molecule has 1 aromatic heterocycles. The monoisotopic (exact) mass is 484 g/mol. The molecule has 34 heavy (non-hydrogen) atoms. The van der Waals surface area contributed by atoms with Crippen molar-refractivity contribution in [3.8, 4) is 5.75 Å². The molecule has 0 saturated carbocycles. The summed E-state index contributed by atoms with van der Waals surface area (Å²) in [6.45, 7) is 0. The Hall–Kier alpha value is -3.81. The summed E-state index contributed by atoms with van der Waals surface area (Å²) in [5.74, 6) is 0.0938. The number of hydrogen-bond donors (Lipinski definition) is 2. The van der Waals surface area contributed by atoms with Gasteiger partial charge >= 0.3 is 0 Å². The SMILES string of the molecule is O=S(=O)(C=Cc1ccccc1)Nc1cc(Sc2cccc3cccnc23)c(O)c2ccccc12. The molecule has 1 heterocycles. The fraction of sp³-hybridized carbons (Fsp3) is 0. The van der Waals surface area contributed by atoms with Crippen molar-refractivity contribution in [2.45, 2.75) is 9.79 Å². The second-order valence-corrected chi connectivity index (χ2v) is 10.3. The Morgan fingerprint density at radius 2 is 1.56 bits per heavy atom. The van der Waals surface area contributed by atoms with E-state index >= 15 is 0 Å². The summed E-state index contributed by atoms with van der Waals surface area (Å²) in [6.07, 6.45) is 3.27. The van der Waals surface area contributed by atoms with Gasteiger partial charge in [-0.2, -0.15) is 0 Å². The van der Waals surface area contributed by atoms with Crippen molar-refractivity contribution in [2.24, 2.45) is 0 Å². The largest absolute Gasteiger partial charge is 0.506 e. The summed E-state index contributed by atoms with van der Waals surface area (Å²) in [7, 11) is -3.80. The topological polar surface area (TPSA) is 79.3 Å². The van der Waals surface area contributed by atoms with Crippen LogP contribution < -0.4 is 4.72 Å². The molecule has 0 unspecified atom stereocenters. The minimum Gasteiger partial charge on any atom is -0.506 e.